The van der Waals surface area contributed by atoms with Crippen LogP contribution in [0.25, 0.3) is 0 Å². The second kappa shape index (κ2) is 8.75. The number of pyridine rings is 1. The molecule has 0 atom stereocenters. The summed E-state index contributed by atoms with van der Waals surface area (Å²) in [6.07, 6.45) is 4.42. The maximum atomic E-state index is 12.3. The third kappa shape index (κ3) is 5.52. The Bertz CT molecular complexity index is 967. The van der Waals surface area contributed by atoms with E-state index in [2.05, 4.69) is 14.4 Å². The van der Waals surface area contributed by atoms with E-state index < -0.39 is 20.0 Å². The van der Waals surface area contributed by atoms with Gasteiger partial charge in [0, 0.05) is 19.2 Å². The van der Waals surface area contributed by atoms with Crippen molar-refractivity contribution in [3.63, 3.8) is 0 Å². The summed E-state index contributed by atoms with van der Waals surface area (Å²) >= 11 is 0. The average Bonchev–Trinajstić information content (AvgIpc) is 2.62. The number of benzene rings is 1. The Kier molecular flexibility index (Phi) is 6.68. The SMILES string of the molecule is N#CCCCCNS(=O)(=O)c1ccc(S(=O)(=O)Nc2cccnc2)cc1. The molecule has 2 rings (SSSR count). The first-order valence-electron chi connectivity index (χ1n) is 7.75. The molecule has 0 aliphatic carbocycles. The molecule has 0 saturated carbocycles. The van der Waals surface area contributed by atoms with Gasteiger partial charge < -0.3 is 0 Å². The molecule has 1 aromatic heterocycles. The summed E-state index contributed by atoms with van der Waals surface area (Å²) in [5, 5.41) is 8.44. The van der Waals surface area contributed by atoms with E-state index in [4.69, 9.17) is 5.26 Å². The fraction of sp³-hybridized carbons (Fsp3) is 0.250. The maximum Gasteiger partial charge on any atom is 0.261 e. The van der Waals surface area contributed by atoms with Crippen molar-refractivity contribution < 1.29 is 16.8 Å². The third-order valence-corrected chi connectivity index (χ3v) is 6.24. The Balaban J connectivity index is 2.06. The summed E-state index contributed by atoms with van der Waals surface area (Å²) in [4.78, 5) is 3.73. The fourth-order valence-corrected chi connectivity index (χ4v) is 4.17. The molecule has 0 fully saturated rings. The number of unbranched alkanes of at least 4 members (excludes halogenated alkanes) is 2. The topological polar surface area (TPSA) is 129 Å². The van der Waals surface area contributed by atoms with Crippen LogP contribution in [0.3, 0.4) is 0 Å². The molecule has 8 nitrogen and oxygen atoms in total. The first-order chi connectivity index (χ1) is 12.3. The van der Waals surface area contributed by atoms with E-state index in [0.29, 0.717) is 24.9 Å². The van der Waals surface area contributed by atoms with Crippen molar-refractivity contribution in [1.82, 2.24) is 9.71 Å². The second-order valence-corrected chi connectivity index (χ2v) is 8.78. The van der Waals surface area contributed by atoms with E-state index in [1.165, 1.54) is 36.7 Å². The lowest BCUT2D eigenvalue weighted by Gasteiger charge is -2.09. The predicted molar refractivity (Wildman–Crippen MR) is 96.1 cm³/mol. The van der Waals surface area contributed by atoms with Crippen LogP contribution in [0, 0.1) is 11.3 Å². The molecule has 0 unspecified atom stereocenters. The number of anilines is 1. The number of hydrogen-bond acceptors (Lipinski definition) is 6. The molecule has 1 aromatic carbocycles. The fourth-order valence-electron chi connectivity index (χ4n) is 2.05. The molecular weight excluding hydrogens is 376 g/mol. The highest BCUT2D eigenvalue weighted by Gasteiger charge is 2.17. The highest BCUT2D eigenvalue weighted by Crippen LogP contribution is 2.17. The monoisotopic (exact) mass is 394 g/mol. The van der Waals surface area contributed by atoms with Crippen LogP contribution in [0.4, 0.5) is 5.69 Å². The van der Waals surface area contributed by atoms with Crippen molar-refractivity contribution in [2.45, 2.75) is 29.1 Å². The van der Waals surface area contributed by atoms with Crippen LogP contribution in [-0.4, -0.2) is 28.4 Å². The first-order valence-corrected chi connectivity index (χ1v) is 10.7. The molecule has 0 amide bonds. The van der Waals surface area contributed by atoms with Gasteiger partial charge in [-0.15, -0.1) is 0 Å². The summed E-state index contributed by atoms with van der Waals surface area (Å²) in [6, 6.07) is 10.1. The van der Waals surface area contributed by atoms with Crippen LogP contribution in [-0.2, 0) is 20.0 Å². The van der Waals surface area contributed by atoms with Gasteiger partial charge in [0.1, 0.15) is 0 Å². The zero-order valence-corrected chi connectivity index (χ0v) is 15.4. The van der Waals surface area contributed by atoms with Crippen LogP contribution in [0.15, 0.2) is 58.6 Å². The van der Waals surface area contributed by atoms with Gasteiger partial charge in [0.15, 0.2) is 0 Å². The lowest BCUT2D eigenvalue weighted by Crippen LogP contribution is -2.24. The zero-order valence-electron chi connectivity index (χ0n) is 13.8. The van der Waals surface area contributed by atoms with Crippen LogP contribution < -0.4 is 9.44 Å². The van der Waals surface area contributed by atoms with E-state index in [-0.39, 0.29) is 16.3 Å². The number of rotatable bonds is 9. The molecular formula is C16H18N4O4S2. The lowest BCUT2D eigenvalue weighted by atomic mass is 10.2. The summed E-state index contributed by atoms with van der Waals surface area (Å²) in [5.41, 5.74) is 0.309. The Morgan fingerprint density at radius 1 is 0.962 bits per heavy atom. The predicted octanol–water partition coefficient (Wildman–Crippen LogP) is 1.85. The van der Waals surface area contributed by atoms with Crippen molar-refractivity contribution in [1.29, 1.82) is 5.26 Å². The van der Waals surface area contributed by atoms with Gasteiger partial charge in [0.05, 0.1) is 27.7 Å². The third-order valence-electron chi connectivity index (χ3n) is 3.37. The highest BCUT2D eigenvalue weighted by molar-refractivity contribution is 7.92. The van der Waals surface area contributed by atoms with Gasteiger partial charge in [-0.25, -0.2) is 21.6 Å². The number of aromatic nitrogens is 1. The van der Waals surface area contributed by atoms with Crippen molar-refractivity contribution in [2.75, 3.05) is 11.3 Å². The van der Waals surface area contributed by atoms with E-state index in [9.17, 15) is 16.8 Å². The summed E-state index contributed by atoms with van der Waals surface area (Å²) in [5.74, 6) is 0. The minimum Gasteiger partial charge on any atom is -0.278 e. The number of hydrogen-bond donors (Lipinski definition) is 2. The Hall–Kier alpha value is -2.48. The van der Waals surface area contributed by atoms with Gasteiger partial charge in [-0.2, -0.15) is 5.26 Å². The highest BCUT2D eigenvalue weighted by atomic mass is 32.2. The number of nitrogens with zero attached hydrogens (tertiary/aromatic N) is 2. The van der Waals surface area contributed by atoms with Crippen LogP contribution in [0.2, 0.25) is 0 Å². The molecule has 0 saturated heterocycles. The average molecular weight is 394 g/mol. The molecule has 0 spiro atoms. The van der Waals surface area contributed by atoms with Crippen molar-refractivity contribution in [3.05, 3.63) is 48.8 Å². The zero-order chi connectivity index (χ0) is 19.0. The molecule has 138 valence electrons. The summed E-state index contributed by atoms with van der Waals surface area (Å²) < 4.78 is 53.7. The van der Waals surface area contributed by atoms with Gasteiger partial charge in [-0.3, -0.25) is 9.71 Å². The van der Waals surface area contributed by atoms with Gasteiger partial charge in [0.25, 0.3) is 10.0 Å². The number of nitrogens with one attached hydrogen (secondary N) is 2. The molecule has 10 heteroatoms. The van der Waals surface area contributed by atoms with E-state index in [0.717, 1.165) is 0 Å². The smallest absolute Gasteiger partial charge is 0.261 e. The van der Waals surface area contributed by atoms with E-state index in [1.54, 1.807) is 12.1 Å². The van der Waals surface area contributed by atoms with Crippen molar-refractivity contribution in [2.24, 2.45) is 0 Å². The van der Waals surface area contributed by atoms with Gasteiger partial charge in [-0.05, 0) is 49.2 Å². The summed E-state index contributed by atoms with van der Waals surface area (Å²) in [7, 11) is -7.57. The standard InChI is InChI=1S/C16H18N4O4S2/c17-10-2-1-3-12-19-25(21,22)15-6-8-16(9-7-15)26(23,24)20-14-5-4-11-18-13-14/h4-9,11,13,19-20H,1-3,12H2. The molecule has 26 heavy (non-hydrogen) atoms. The molecule has 2 N–H and O–H groups in total. The quantitative estimate of drug-likeness (QED) is 0.625. The van der Waals surface area contributed by atoms with E-state index in [1.807, 2.05) is 6.07 Å². The maximum absolute atomic E-state index is 12.3. The molecule has 0 aliphatic heterocycles. The first kappa shape index (κ1) is 19.8. The van der Waals surface area contributed by atoms with Gasteiger partial charge in [-0.1, -0.05) is 0 Å². The van der Waals surface area contributed by atoms with Crippen molar-refractivity contribution in [3.8, 4) is 6.07 Å². The number of sulfonamides is 2. The van der Waals surface area contributed by atoms with Crippen LogP contribution in [0.1, 0.15) is 19.3 Å². The molecule has 0 aliphatic rings. The molecule has 0 bridgehead atoms. The van der Waals surface area contributed by atoms with Crippen molar-refractivity contribution >= 4 is 25.7 Å². The normalized spacial score (nSPS) is 11.7. The lowest BCUT2D eigenvalue weighted by molar-refractivity contribution is 0.576. The van der Waals surface area contributed by atoms with Crippen LogP contribution >= 0.6 is 0 Å². The molecule has 1 heterocycles. The minimum atomic E-state index is -3.84. The Morgan fingerprint density at radius 3 is 2.19 bits per heavy atom. The Labute approximate surface area is 153 Å². The number of nitriles is 1. The van der Waals surface area contributed by atoms with Gasteiger partial charge in [0.2, 0.25) is 10.0 Å². The van der Waals surface area contributed by atoms with Crippen LogP contribution in [0.5, 0.6) is 0 Å². The molecule has 0 radical (unpaired) electrons. The minimum absolute atomic E-state index is 0.0295. The van der Waals surface area contributed by atoms with E-state index >= 15 is 0 Å². The summed E-state index contributed by atoms with van der Waals surface area (Å²) in [6.45, 7) is 0.215. The Morgan fingerprint density at radius 2 is 1.62 bits per heavy atom. The van der Waals surface area contributed by atoms with Gasteiger partial charge >= 0.3 is 0 Å². The second-order valence-electron chi connectivity index (χ2n) is 5.33. The largest absolute Gasteiger partial charge is 0.278 e. The molecule has 2 aromatic rings.